The van der Waals surface area contributed by atoms with E-state index in [1.165, 1.54) is 12.3 Å². The van der Waals surface area contributed by atoms with Crippen molar-refractivity contribution in [3.05, 3.63) is 75.8 Å². The Morgan fingerprint density at radius 2 is 1.76 bits per heavy atom. The SMILES string of the molecule is Cc1c(Cl)cc(C(C)c2ncc3c(Cl)nccn23)c(OC(C)C)c1-c1ccc(C(F)(F)F)nc1. The van der Waals surface area contributed by atoms with Crippen LogP contribution in [0.2, 0.25) is 10.2 Å². The van der Waals surface area contributed by atoms with E-state index in [2.05, 4.69) is 15.0 Å². The molecule has 0 spiro atoms. The molecule has 4 aromatic rings. The standard InChI is InChI=1S/C24H21Cl2F3N4O/c1-12(2)34-21-16(13(3)23-32-11-18-22(26)30-7-8-33(18)23)9-17(25)14(4)20(21)15-5-6-19(31-10-15)24(27,28)29/h5-13H,1-4H3. The first-order chi connectivity index (χ1) is 16.0. The summed E-state index contributed by atoms with van der Waals surface area (Å²) in [7, 11) is 0. The van der Waals surface area contributed by atoms with Gasteiger partial charge in [0.1, 0.15) is 22.8 Å². The Morgan fingerprint density at radius 3 is 2.38 bits per heavy atom. The fourth-order valence-corrected chi connectivity index (χ4v) is 4.27. The second-order valence-electron chi connectivity index (χ2n) is 8.18. The van der Waals surface area contributed by atoms with Crippen molar-refractivity contribution < 1.29 is 17.9 Å². The predicted molar refractivity (Wildman–Crippen MR) is 126 cm³/mol. The molecule has 1 aromatic carbocycles. The maximum atomic E-state index is 13.1. The number of nitrogens with zero attached hydrogens (tertiary/aromatic N) is 4. The molecule has 0 saturated heterocycles. The van der Waals surface area contributed by atoms with Crippen LogP contribution in [0.15, 0.2) is 43.0 Å². The molecule has 0 fully saturated rings. The average Bonchev–Trinajstić information content (AvgIpc) is 3.20. The van der Waals surface area contributed by atoms with Crippen molar-refractivity contribution in [3.8, 4) is 16.9 Å². The van der Waals surface area contributed by atoms with Gasteiger partial charge >= 0.3 is 6.18 Å². The number of pyridine rings is 1. The summed E-state index contributed by atoms with van der Waals surface area (Å²) in [5.74, 6) is 0.904. The van der Waals surface area contributed by atoms with Crippen molar-refractivity contribution >= 4 is 28.7 Å². The summed E-state index contributed by atoms with van der Waals surface area (Å²) in [4.78, 5) is 12.3. The van der Waals surface area contributed by atoms with Crippen LogP contribution in [-0.4, -0.2) is 25.5 Å². The number of benzene rings is 1. The van der Waals surface area contributed by atoms with Crippen LogP contribution in [0.25, 0.3) is 16.6 Å². The first kappa shape index (κ1) is 24.3. The van der Waals surface area contributed by atoms with E-state index in [-0.39, 0.29) is 12.0 Å². The minimum absolute atomic E-state index is 0.205. The van der Waals surface area contributed by atoms with Crippen molar-refractivity contribution in [2.24, 2.45) is 0 Å². The van der Waals surface area contributed by atoms with Crippen LogP contribution in [0.3, 0.4) is 0 Å². The quantitative estimate of drug-likeness (QED) is 0.282. The van der Waals surface area contributed by atoms with Gasteiger partial charge in [-0.3, -0.25) is 9.38 Å². The molecule has 1 unspecified atom stereocenters. The lowest BCUT2D eigenvalue weighted by molar-refractivity contribution is -0.141. The molecule has 4 rings (SSSR count). The molecule has 178 valence electrons. The lowest BCUT2D eigenvalue weighted by Crippen LogP contribution is -2.13. The number of alkyl halides is 3. The summed E-state index contributed by atoms with van der Waals surface area (Å²) in [6, 6.07) is 4.14. The molecule has 0 bridgehead atoms. The Morgan fingerprint density at radius 1 is 1.03 bits per heavy atom. The Kier molecular flexibility index (Phi) is 6.48. The number of rotatable bonds is 5. The molecule has 0 aliphatic heterocycles. The van der Waals surface area contributed by atoms with Gasteiger partial charge in [-0.1, -0.05) is 36.2 Å². The smallest absolute Gasteiger partial charge is 0.433 e. The number of hydrogen-bond donors (Lipinski definition) is 0. The molecule has 3 heterocycles. The van der Waals surface area contributed by atoms with Crippen molar-refractivity contribution in [2.75, 3.05) is 0 Å². The van der Waals surface area contributed by atoms with Crippen molar-refractivity contribution in [2.45, 2.75) is 45.9 Å². The third-order valence-corrected chi connectivity index (χ3v) is 6.18. The molecule has 0 radical (unpaired) electrons. The van der Waals surface area contributed by atoms with Gasteiger partial charge in [0.25, 0.3) is 0 Å². The van der Waals surface area contributed by atoms with Crippen LogP contribution in [0, 0.1) is 6.92 Å². The van der Waals surface area contributed by atoms with E-state index in [1.807, 2.05) is 31.2 Å². The lowest BCUT2D eigenvalue weighted by Gasteiger charge is -2.24. The van der Waals surface area contributed by atoms with E-state index in [4.69, 9.17) is 27.9 Å². The molecule has 3 aromatic heterocycles. The van der Waals surface area contributed by atoms with E-state index >= 15 is 0 Å². The summed E-state index contributed by atoms with van der Waals surface area (Å²) < 4.78 is 47.3. The van der Waals surface area contributed by atoms with Crippen molar-refractivity contribution in [3.63, 3.8) is 0 Å². The number of imidazole rings is 1. The minimum atomic E-state index is -4.53. The number of aromatic nitrogens is 4. The van der Waals surface area contributed by atoms with Gasteiger partial charge in [-0.05, 0) is 38.5 Å². The van der Waals surface area contributed by atoms with Crippen molar-refractivity contribution in [1.82, 2.24) is 19.4 Å². The molecule has 0 aliphatic rings. The molecule has 0 N–H and O–H groups in total. The summed E-state index contributed by atoms with van der Waals surface area (Å²) in [6.07, 6.45) is 1.44. The van der Waals surface area contributed by atoms with E-state index in [1.54, 1.807) is 25.5 Å². The molecular weight excluding hydrogens is 488 g/mol. The van der Waals surface area contributed by atoms with Crippen LogP contribution >= 0.6 is 23.2 Å². The number of halogens is 5. The highest BCUT2D eigenvalue weighted by molar-refractivity contribution is 6.32. The Hall–Kier alpha value is -2.84. The molecule has 5 nitrogen and oxygen atoms in total. The number of hydrogen-bond acceptors (Lipinski definition) is 4. The molecule has 34 heavy (non-hydrogen) atoms. The van der Waals surface area contributed by atoms with Gasteiger partial charge < -0.3 is 4.74 Å². The van der Waals surface area contributed by atoms with Crippen LogP contribution in [0.1, 0.15) is 49.3 Å². The van der Waals surface area contributed by atoms with Gasteiger partial charge in [0.15, 0.2) is 5.15 Å². The van der Waals surface area contributed by atoms with Crippen LogP contribution in [0.4, 0.5) is 13.2 Å². The zero-order chi connectivity index (χ0) is 24.8. The summed E-state index contributed by atoms with van der Waals surface area (Å²) in [6.45, 7) is 7.51. The zero-order valence-electron chi connectivity index (χ0n) is 18.8. The summed E-state index contributed by atoms with van der Waals surface area (Å²) in [5, 5.41) is 0.777. The second kappa shape index (κ2) is 9.07. The number of fused-ring (bicyclic) bond motifs is 1. The highest BCUT2D eigenvalue weighted by Crippen LogP contribution is 2.45. The maximum Gasteiger partial charge on any atom is 0.433 e. The summed E-state index contributed by atoms with van der Waals surface area (Å²) >= 11 is 12.8. The topological polar surface area (TPSA) is 52.3 Å². The van der Waals surface area contributed by atoms with Gasteiger partial charge in [-0.2, -0.15) is 13.2 Å². The highest BCUT2D eigenvalue weighted by atomic mass is 35.5. The second-order valence-corrected chi connectivity index (χ2v) is 8.95. The largest absolute Gasteiger partial charge is 0.490 e. The Bertz CT molecular complexity index is 1350. The van der Waals surface area contributed by atoms with Crippen LogP contribution in [0.5, 0.6) is 5.75 Å². The Labute approximate surface area is 204 Å². The third-order valence-electron chi connectivity index (χ3n) is 5.50. The zero-order valence-corrected chi connectivity index (χ0v) is 20.3. The van der Waals surface area contributed by atoms with Crippen molar-refractivity contribution in [1.29, 1.82) is 0 Å². The fraction of sp³-hybridized carbons (Fsp3) is 0.292. The molecule has 10 heteroatoms. The minimum Gasteiger partial charge on any atom is -0.490 e. The van der Waals surface area contributed by atoms with E-state index in [0.717, 1.165) is 11.6 Å². The molecular formula is C24H21Cl2F3N4O. The molecule has 0 aliphatic carbocycles. The van der Waals surface area contributed by atoms with E-state index in [9.17, 15) is 13.2 Å². The lowest BCUT2D eigenvalue weighted by atomic mass is 9.91. The van der Waals surface area contributed by atoms with E-state index < -0.39 is 11.9 Å². The van der Waals surface area contributed by atoms with Gasteiger partial charge in [0.05, 0.1) is 12.3 Å². The first-order valence-corrected chi connectivity index (χ1v) is 11.2. The number of ether oxygens (including phenoxy) is 1. The third kappa shape index (κ3) is 4.44. The molecule has 0 saturated carbocycles. The van der Waals surface area contributed by atoms with Gasteiger partial charge in [-0.15, -0.1) is 0 Å². The van der Waals surface area contributed by atoms with E-state index in [0.29, 0.717) is 44.0 Å². The van der Waals surface area contributed by atoms with Crippen LogP contribution in [-0.2, 0) is 6.18 Å². The van der Waals surface area contributed by atoms with Gasteiger partial charge in [0, 0.05) is 46.2 Å². The van der Waals surface area contributed by atoms with Crippen LogP contribution < -0.4 is 4.74 Å². The summed E-state index contributed by atoms with van der Waals surface area (Å²) in [5.41, 5.74) is 2.16. The predicted octanol–water partition coefficient (Wildman–Crippen LogP) is 7.36. The maximum absolute atomic E-state index is 13.1. The highest BCUT2D eigenvalue weighted by Gasteiger charge is 2.32. The monoisotopic (exact) mass is 508 g/mol. The van der Waals surface area contributed by atoms with Gasteiger partial charge in [0.2, 0.25) is 0 Å². The normalized spacial score (nSPS) is 13.0. The molecule has 0 amide bonds. The van der Waals surface area contributed by atoms with Gasteiger partial charge in [-0.25, -0.2) is 9.97 Å². The fourth-order valence-electron chi connectivity index (χ4n) is 3.86. The average molecular weight is 509 g/mol. The Balaban J connectivity index is 1.93. The molecule has 1 atom stereocenters. The first-order valence-electron chi connectivity index (χ1n) is 10.5.